The van der Waals surface area contributed by atoms with Gasteiger partial charge in [0, 0.05) is 13.6 Å². The SMILES string of the molecule is CCCCCn1c(C[NH+](CCC)CCC)nc2c1c(=O)[nH]c(=O)n2C. The van der Waals surface area contributed by atoms with Gasteiger partial charge in [0.15, 0.2) is 17.0 Å². The zero-order valence-corrected chi connectivity index (χ0v) is 16.0. The molecule has 2 aromatic heterocycles. The van der Waals surface area contributed by atoms with Crippen molar-refractivity contribution in [3.63, 3.8) is 0 Å². The predicted octanol–water partition coefficient (Wildman–Crippen LogP) is 0.818. The largest absolute Gasteiger partial charge is 0.329 e. The number of hydrogen-bond donors (Lipinski definition) is 2. The van der Waals surface area contributed by atoms with Crippen molar-refractivity contribution in [3.05, 3.63) is 26.7 Å². The number of fused-ring (bicyclic) bond motifs is 1. The molecule has 0 fully saturated rings. The van der Waals surface area contributed by atoms with Gasteiger partial charge in [-0.3, -0.25) is 14.3 Å². The maximum atomic E-state index is 12.4. The Kier molecular flexibility index (Phi) is 6.99. The van der Waals surface area contributed by atoms with E-state index in [1.54, 1.807) is 7.05 Å². The number of nitrogens with zero attached hydrogens (tertiary/aromatic N) is 3. The summed E-state index contributed by atoms with van der Waals surface area (Å²) in [6, 6.07) is 0. The molecule has 0 aliphatic carbocycles. The average molecular weight is 350 g/mol. The van der Waals surface area contributed by atoms with Crippen LogP contribution in [0.5, 0.6) is 0 Å². The van der Waals surface area contributed by atoms with E-state index in [0.29, 0.717) is 11.2 Å². The Labute approximate surface area is 148 Å². The molecule has 7 nitrogen and oxygen atoms in total. The Hall–Kier alpha value is -1.89. The Morgan fingerprint density at radius 1 is 1.04 bits per heavy atom. The second kappa shape index (κ2) is 8.99. The van der Waals surface area contributed by atoms with Gasteiger partial charge in [-0.25, -0.2) is 9.78 Å². The lowest BCUT2D eigenvalue weighted by Gasteiger charge is -2.18. The summed E-state index contributed by atoms with van der Waals surface area (Å²) in [6.45, 7) is 10.3. The van der Waals surface area contributed by atoms with E-state index in [-0.39, 0.29) is 5.56 Å². The molecule has 0 aliphatic rings. The zero-order valence-electron chi connectivity index (χ0n) is 16.0. The first kappa shape index (κ1) is 19.4. The van der Waals surface area contributed by atoms with Crippen LogP contribution in [0.4, 0.5) is 0 Å². The maximum absolute atomic E-state index is 12.4. The molecule has 2 aromatic rings. The Morgan fingerprint density at radius 2 is 1.72 bits per heavy atom. The Balaban J connectivity index is 2.51. The smallest absolute Gasteiger partial charge is 0.329 e. The quantitative estimate of drug-likeness (QED) is 0.623. The molecule has 0 saturated heterocycles. The van der Waals surface area contributed by atoms with Crippen molar-refractivity contribution in [1.29, 1.82) is 0 Å². The van der Waals surface area contributed by atoms with Gasteiger partial charge in [-0.05, 0) is 19.3 Å². The van der Waals surface area contributed by atoms with Crippen molar-refractivity contribution >= 4 is 11.2 Å². The second-order valence-corrected chi connectivity index (χ2v) is 6.80. The van der Waals surface area contributed by atoms with Gasteiger partial charge in [-0.15, -0.1) is 0 Å². The fraction of sp³-hybridized carbons (Fsp3) is 0.722. The van der Waals surface area contributed by atoms with Gasteiger partial charge < -0.3 is 9.47 Å². The molecule has 0 radical (unpaired) electrons. The van der Waals surface area contributed by atoms with E-state index in [4.69, 9.17) is 4.98 Å². The van der Waals surface area contributed by atoms with Crippen LogP contribution in [-0.2, 0) is 20.1 Å². The molecular formula is C18H32N5O2+. The molecular weight excluding hydrogens is 318 g/mol. The molecule has 0 amide bonds. The van der Waals surface area contributed by atoms with E-state index in [1.165, 1.54) is 9.47 Å². The van der Waals surface area contributed by atoms with E-state index in [0.717, 1.165) is 64.1 Å². The summed E-state index contributed by atoms with van der Waals surface area (Å²) >= 11 is 0. The number of imidazole rings is 1. The van der Waals surface area contributed by atoms with Gasteiger partial charge >= 0.3 is 5.69 Å². The molecule has 0 aromatic carbocycles. The van der Waals surface area contributed by atoms with Crippen molar-refractivity contribution in [2.75, 3.05) is 13.1 Å². The summed E-state index contributed by atoms with van der Waals surface area (Å²) in [5, 5.41) is 0. The van der Waals surface area contributed by atoms with E-state index < -0.39 is 5.69 Å². The molecule has 0 unspecified atom stereocenters. The van der Waals surface area contributed by atoms with Crippen LogP contribution >= 0.6 is 0 Å². The standard InChI is InChI=1S/C18H31N5O2/c1-5-8-9-12-23-14(13-22(10-6-2)11-7-3)19-16-15(23)17(24)20-18(25)21(16)4/h5-13H2,1-4H3,(H,20,24,25)/p+1. The van der Waals surface area contributed by atoms with Gasteiger partial charge in [0.2, 0.25) is 0 Å². The lowest BCUT2D eigenvalue weighted by atomic mass is 10.2. The van der Waals surface area contributed by atoms with Crippen LogP contribution in [0.15, 0.2) is 9.59 Å². The topological polar surface area (TPSA) is 77.1 Å². The number of hydrogen-bond acceptors (Lipinski definition) is 3. The van der Waals surface area contributed by atoms with Crippen molar-refractivity contribution in [1.82, 2.24) is 19.1 Å². The van der Waals surface area contributed by atoms with Crippen molar-refractivity contribution in [2.24, 2.45) is 7.05 Å². The predicted molar refractivity (Wildman–Crippen MR) is 100 cm³/mol. The number of unbranched alkanes of at least 4 members (excludes halogenated alkanes) is 2. The number of aryl methyl sites for hydroxylation is 2. The first-order valence-corrected chi connectivity index (χ1v) is 9.55. The molecule has 25 heavy (non-hydrogen) atoms. The summed E-state index contributed by atoms with van der Waals surface area (Å²) in [4.78, 5) is 32.9. The van der Waals surface area contributed by atoms with Crippen molar-refractivity contribution in [2.45, 2.75) is 66.0 Å². The third kappa shape index (κ3) is 4.39. The first-order valence-electron chi connectivity index (χ1n) is 9.55. The lowest BCUT2D eigenvalue weighted by Crippen LogP contribution is -3.10. The molecule has 2 rings (SSSR count). The van der Waals surface area contributed by atoms with Crippen LogP contribution in [0.25, 0.3) is 11.2 Å². The second-order valence-electron chi connectivity index (χ2n) is 6.80. The highest BCUT2D eigenvalue weighted by atomic mass is 16.2. The van der Waals surface area contributed by atoms with E-state index >= 15 is 0 Å². The average Bonchev–Trinajstić information content (AvgIpc) is 2.93. The van der Waals surface area contributed by atoms with E-state index in [9.17, 15) is 9.59 Å². The van der Waals surface area contributed by atoms with Gasteiger partial charge in [0.25, 0.3) is 5.56 Å². The lowest BCUT2D eigenvalue weighted by molar-refractivity contribution is -0.914. The number of quaternary nitrogens is 1. The summed E-state index contributed by atoms with van der Waals surface area (Å²) in [5.41, 5.74) is 0.280. The number of H-pyrrole nitrogens is 1. The molecule has 0 aliphatic heterocycles. The van der Waals surface area contributed by atoms with Crippen molar-refractivity contribution in [3.8, 4) is 0 Å². The molecule has 7 heteroatoms. The highest BCUT2D eigenvalue weighted by Crippen LogP contribution is 2.12. The summed E-state index contributed by atoms with van der Waals surface area (Å²) < 4.78 is 3.48. The normalized spacial score (nSPS) is 11.7. The van der Waals surface area contributed by atoms with E-state index in [2.05, 4.69) is 25.8 Å². The highest BCUT2D eigenvalue weighted by Gasteiger charge is 2.20. The number of aromatic nitrogens is 4. The van der Waals surface area contributed by atoms with Crippen LogP contribution < -0.4 is 16.1 Å². The fourth-order valence-corrected chi connectivity index (χ4v) is 3.41. The number of rotatable bonds is 10. The third-order valence-corrected chi connectivity index (χ3v) is 4.69. The zero-order chi connectivity index (χ0) is 18.4. The Morgan fingerprint density at radius 3 is 2.32 bits per heavy atom. The van der Waals surface area contributed by atoms with Crippen LogP contribution in [0.3, 0.4) is 0 Å². The number of nitrogens with one attached hydrogen (secondary N) is 2. The van der Waals surface area contributed by atoms with Gasteiger partial charge in [0.1, 0.15) is 6.54 Å². The fourth-order valence-electron chi connectivity index (χ4n) is 3.41. The number of aromatic amines is 1. The van der Waals surface area contributed by atoms with E-state index in [1.807, 2.05) is 4.57 Å². The summed E-state index contributed by atoms with van der Waals surface area (Å²) in [7, 11) is 1.66. The molecule has 2 heterocycles. The first-order chi connectivity index (χ1) is 12.0. The molecule has 2 N–H and O–H groups in total. The van der Waals surface area contributed by atoms with Crippen LogP contribution in [0, 0.1) is 0 Å². The third-order valence-electron chi connectivity index (χ3n) is 4.69. The molecule has 140 valence electrons. The minimum Gasteiger partial charge on any atom is -0.329 e. The van der Waals surface area contributed by atoms with Gasteiger partial charge in [0.05, 0.1) is 13.1 Å². The van der Waals surface area contributed by atoms with Crippen LogP contribution in [0.2, 0.25) is 0 Å². The molecule has 0 atom stereocenters. The van der Waals surface area contributed by atoms with Crippen LogP contribution in [0.1, 0.15) is 58.7 Å². The minimum atomic E-state index is -0.409. The summed E-state index contributed by atoms with van der Waals surface area (Å²) in [6.07, 6.45) is 5.48. The Bertz CT molecular complexity index is 796. The maximum Gasteiger partial charge on any atom is 0.329 e. The monoisotopic (exact) mass is 350 g/mol. The summed E-state index contributed by atoms with van der Waals surface area (Å²) in [5.74, 6) is 0.912. The highest BCUT2D eigenvalue weighted by molar-refractivity contribution is 5.70. The van der Waals surface area contributed by atoms with Gasteiger partial charge in [-0.1, -0.05) is 33.6 Å². The molecule has 0 bridgehead atoms. The van der Waals surface area contributed by atoms with Crippen molar-refractivity contribution < 1.29 is 4.90 Å². The van der Waals surface area contributed by atoms with Crippen LogP contribution in [-0.4, -0.2) is 32.2 Å². The minimum absolute atomic E-state index is 0.333. The molecule has 0 spiro atoms. The van der Waals surface area contributed by atoms with Gasteiger partial charge in [-0.2, -0.15) is 0 Å². The molecule has 0 saturated carbocycles.